The third-order valence-corrected chi connectivity index (χ3v) is 3.55. The number of carbonyl (C=O) groups is 1. The van der Waals surface area contributed by atoms with Crippen LogP contribution in [-0.2, 0) is 11.2 Å². The number of rotatable bonds is 4. The van der Waals surface area contributed by atoms with E-state index >= 15 is 0 Å². The minimum atomic E-state index is -0.548. The third-order valence-electron chi connectivity index (χ3n) is 3.55. The maximum atomic E-state index is 13.2. The molecule has 0 heterocycles. The molecule has 1 unspecified atom stereocenters. The van der Waals surface area contributed by atoms with Gasteiger partial charge in [0.25, 0.3) is 0 Å². The van der Waals surface area contributed by atoms with Crippen LogP contribution in [0.5, 0.6) is 5.75 Å². The number of carbonyl (C=O) groups excluding carboxylic acids is 1. The summed E-state index contributed by atoms with van der Waals surface area (Å²) in [7, 11) is 0. The number of phenols is 1. The second-order valence-electron chi connectivity index (χ2n) is 4.73. The van der Waals surface area contributed by atoms with Crippen LogP contribution in [0.15, 0.2) is 12.1 Å². The molecular formula is C14H18FNO2. The molecule has 0 saturated carbocycles. The van der Waals surface area contributed by atoms with E-state index < -0.39 is 5.82 Å². The molecule has 2 rings (SSSR count). The maximum Gasteiger partial charge on any atom is 0.219 e. The first-order valence-electron chi connectivity index (χ1n) is 6.39. The predicted molar refractivity (Wildman–Crippen MR) is 67.0 cm³/mol. The molecule has 98 valence electrons. The smallest absolute Gasteiger partial charge is 0.219 e. The molecule has 1 aromatic rings. The van der Waals surface area contributed by atoms with Gasteiger partial charge in [-0.1, -0.05) is 6.92 Å². The van der Waals surface area contributed by atoms with Crippen LogP contribution in [0, 0.1) is 5.82 Å². The van der Waals surface area contributed by atoms with Crippen molar-refractivity contribution >= 4 is 5.91 Å². The number of aromatic hydroxyl groups is 1. The van der Waals surface area contributed by atoms with Crippen LogP contribution in [0.2, 0.25) is 0 Å². The van der Waals surface area contributed by atoms with E-state index in [4.69, 9.17) is 0 Å². The SMILES string of the molecule is CCC(=O)NCCC1CCc2cc(F)c(O)cc21. The third kappa shape index (κ3) is 2.63. The van der Waals surface area contributed by atoms with Crippen LogP contribution in [0.4, 0.5) is 4.39 Å². The zero-order valence-corrected chi connectivity index (χ0v) is 10.5. The van der Waals surface area contributed by atoms with E-state index in [0.29, 0.717) is 18.9 Å². The number of amides is 1. The zero-order chi connectivity index (χ0) is 13.1. The molecular weight excluding hydrogens is 233 g/mol. The molecule has 1 aromatic carbocycles. The Morgan fingerprint density at radius 1 is 1.56 bits per heavy atom. The molecule has 0 radical (unpaired) electrons. The molecule has 3 nitrogen and oxygen atoms in total. The second kappa shape index (κ2) is 5.38. The predicted octanol–water partition coefficient (Wildman–Crippen LogP) is 2.48. The summed E-state index contributed by atoms with van der Waals surface area (Å²) in [5.74, 6) is -0.467. The molecule has 1 amide bonds. The fourth-order valence-corrected chi connectivity index (χ4v) is 2.51. The van der Waals surface area contributed by atoms with E-state index in [-0.39, 0.29) is 11.7 Å². The second-order valence-corrected chi connectivity index (χ2v) is 4.73. The van der Waals surface area contributed by atoms with Gasteiger partial charge >= 0.3 is 0 Å². The Labute approximate surface area is 106 Å². The van der Waals surface area contributed by atoms with Crippen molar-refractivity contribution in [2.45, 2.75) is 38.5 Å². The number of hydrogen-bond donors (Lipinski definition) is 2. The lowest BCUT2D eigenvalue weighted by atomic mass is 9.97. The highest BCUT2D eigenvalue weighted by Gasteiger charge is 2.24. The molecule has 1 atom stereocenters. The van der Waals surface area contributed by atoms with E-state index in [1.54, 1.807) is 0 Å². The molecule has 1 aliphatic rings. The van der Waals surface area contributed by atoms with Crippen LogP contribution in [0.3, 0.4) is 0 Å². The molecule has 0 saturated heterocycles. The standard InChI is InChI=1S/C14H18FNO2/c1-2-14(18)16-6-5-9-3-4-10-7-12(15)13(17)8-11(9)10/h7-9,17H,2-6H2,1H3,(H,16,18). The summed E-state index contributed by atoms with van der Waals surface area (Å²) >= 11 is 0. The monoisotopic (exact) mass is 251 g/mol. The maximum absolute atomic E-state index is 13.2. The molecule has 0 bridgehead atoms. The minimum Gasteiger partial charge on any atom is -0.505 e. The van der Waals surface area contributed by atoms with Gasteiger partial charge in [-0.3, -0.25) is 4.79 Å². The Morgan fingerprint density at radius 3 is 3.06 bits per heavy atom. The van der Waals surface area contributed by atoms with E-state index in [2.05, 4.69) is 5.32 Å². The molecule has 18 heavy (non-hydrogen) atoms. The summed E-state index contributed by atoms with van der Waals surface area (Å²) < 4.78 is 13.2. The Balaban J connectivity index is 1.99. The van der Waals surface area contributed by atoms with Gasteiger partial charge in [0.2, 0.25) is 5.91 Å². The van der Waals surface area contributed by atoms with Crippen LogP contribution in [-0.4, -0.2) is 17.6 Å². The Morgan fingerprint density at radius 2 is 2.33 bits per heavy atom. The summed E-state index contributed by atoms with van der Waals surface area (Å²) in [4.78, 5) is 11.1. The Bertz CT molecular complexity index is 459. The number of benzene rings is 1. The number of hydrogen-bond acceptors (Lipinski definition) is 2. The zero-order valence-electron chi connectivity index (χ0n) is 10.5. The summed E-state index contributed by atoms with van der Waals surface area (Å²) in [5, 5.41) is 12.2. The molecule has 0 aromatic heterocycles. The molecule has 4 heteroatoms. The lowest BCUT2D eigenvalue weighted by molar-refractivity contribution is -0.120. The van der Waals surface area contributed by atoms with E-state index in [1.165, 1.54) is 12.1 Å². The lowest BCUT2D eigenvalue weighted by Crippen LogP contribution is -2.24. The first kappa shape index (κ1) is 12.9. The van der Waals surface area contributed by atoms with Gasteiger partial charge in [0.05, 0.1) is 0 Å². The van der Waals surface area contributed by atoms with Gasteiger partial charge in [0.15, 0.2) is 11.6 Å². The first-order chi connectivity index (χ1) is 8.61. The average Bonchev–Trinajstić information content (AvgIpc) is 2.72. The summed E-state index contributed by atoms with van der Waals surface area (Å²) in [6.07, 6.45) is 3.14. The average molecular weight is 251 g/mol. The van der Waals surface area contributed by atoms with Crippen molar-refractivity contribution < 1.29 is 14.3 Å². The fourth-order valence-electron chi connectivity index (χ4n) is 2.51. The highest BCUT2D eigenvalue weighted by atomic mass is 19.1. The van der Waals surface area contributed by atoms with Gasteiger partial charge in [0.1, 0.15) is 0 Å². The molecule has 1 aliphatic carbocycles. The van der Waals surface area contributed by atoms with E-state index in [9.17, 15) is 14.3 Å². The van der Waals surface area contributed by atoms with Gasteiger partial charge in [-0.15, -0.1) is 0 Å². The van der Waals surface area contributed by atoms with Crippen molar-refractivity contribution in [2.24, 2.45) is 0 Å². The van der Waals surface area contributed by atoms with E-state index in [0.717, 1.165) is 30.4 Å². The first-order valence-corrected chi connectivity index (χ1v) is 6.39. The fraction of sp³-hybridized carbons (Fsp3) is 0.500. The van der Waals surface area contributed by atoms with Crippen molar-refractivity contribution in [2.75, 3.05) is 6.54 Å². The number of phenolic OH excluding ortho intramolecular Hbond substituents is 1. The largest absolute Gasteiger partial charge is 0.505 e. The topological polar surface area (TPSA) is 49.3 Å². The Kier molecular flexibility index (Phi) is 3.84. The van der Waals surface area contributed by atoms with Crippen molar-refractivity contribution in [3.05, 3.63) is 29.1 Å². The molecule has 0 spiro atoms. The molecule has 2 N–H and O–H groups in total. The summed E-state index contributed by atoms with van der Waals surface area (Å²) in [6, 6.07) is 2.96. The Hall–Kier alpha value is -1.58. The van der Waals surface area contributed by atoms with Crippen LogP contribution in [0.25, 0.3) is 0 Å². The molecule has 0 aliphatic heterocycles. The summed E-state index contributed by atoms with van der Waals surface area (Å²) in [6.45, 7) is 2.45. The van der Waals surface area contributed by atoms with Crippen molar-refractivity contribution in [1.29, 1.82) is 0 Å². The van der Waals surface area contributed by atoms with Gasteiger partial charge in [-0.25, -0.2) is 4.39 Å². The number of halogens is 1. The number of nitrogens with one attached hydrogen (secondary N) is 1. The summed E-state index contributed by atoms with van der Waals surface area (Å²) in [5.41, 5.74) is 2.01. The highest BCUT2D eigenvalue weighted by molar-refractivity contribution is 5.75. The number of aryl methyl sites for hydroxylation is 1. The van der Waals surface area contributed by atoms with Gasteiger partial charge < -0.3 is 10.4 Å². The van der Waals surface area contributed by atoms with Crippen LogP contribution >= 0.6 is 0 Å². The van der Waals surface area contributed by atoms with Crippen molar-refractivity contribution in [3.63, 3.8) is 0 Å². The highest BCUT2D eigenvalue weighted by Crippen LogP contribution is 2.38. The van der Waals surface area contributed by atoms with Crippen molar-refractivity contribution in [3.8, 4) is 5.75 Å². The van der Waals surface area contributed by atoms with Crippen molar-refractivity contribution in [1.82, 2.24) is 5.32 Å². The quantitative estimate of drug-likeness (QED) is 0.863. The number of fused-ring (bicyclic) bond motifs is 1. The van der Waals surface area contributed by atoms with E-state index in [1.807, 2.05) is 6.92 Å². The lowest BCUT2D eigenvalue weighted by Gasteiger charge is -2.12. The van der Waals surface area contributed by atoms with Gasteiger partial charge in [-0.05, 0) is 48.4 Å². The van der Waals surface area contributed by atoms with Crippen LogP contribution < -0.4 is 5.32 Å². The normalized spacial score (nSPS) is 17.6. The van der Waals surface area contributed by atoms with Crippen LogP contribution in [0.1, 0.15) is 43.2 Å². The molecule has 0 fully saturated rings. The van der Waals surface area contributed by atoms with Gasteiger partial charge in [0, 0.05) is 13.0 Å². The minimum absolute atomic E-state index is 0.0511. The van der Waals surface area contributed by atoms with Gasteiger partial charge in [-0.2, -0.15) is 0 Å².